The maximum absolute atomic E-state index is 13.0. The predicted octanol–water partition coefficient (Wildman–Crippen LogP) is 0.974. The Balaban J connectivity index is 2.27. The smallest absolute Gasteiger partial charge is 0.241 e. The van der Waals surface area contributed by atoms with E-state index in [1.807, 2.05) is 6.92 Å². The molecule has 0 radical (unpaired) electrons. The van der Waals surface area contributed by atoms with E-state index in [9.17, 15) is 21.6 Å². The summed E-state index contributed by atoms with van der Waals surface area (Å²) >= 11 is 0. The lowest BCUT2D eigenvalue weighted by molar-refractivity contribution is -0.122. The van der Waals surface area contributed by atoms with Crippen LogP contribution in [0.3, 0.4) is 0 Å². The van der Waals surface area contributed by atoms with E-state index >= 15 is 0 Å². The Labute approximate surface area is 195 Å². The molecule has 11 heteroatoms. The Hall–Kier alpha value is -2.76. The second-order valence-electron chi connectivity index (χ2n) is 7.81. The molecule has 2 aromatic carbocycles. The van der Waals surface area contributed by atoms with Gasteiger partial charge >= 0.3 is 0 Å². The van der Waals surface area contributed by atoms with Crippen LogP contribution in [0.5, 0.6) is 0 Å². The van der Waals surface area contributed by atoms with Crippen LogP contribution in [0.1, 0.15) is 30.0 Å². The summed E-state index contributed by atoms with van der Waals surface area (Å²) < 4.78 is 51.1. The maximum Gasteiger partial charge on any atom is 0.241 e. The molecule has 1 atom stereocenters. The van der Waals surface area contributed by atoms with Crippen molar-refractivity contribution in [2.24, 2.45) is 5.73 Å². The zero-order valence-corrected chi connectivity index (χ0v) is 20.3. The molecule has 2 rings (SSSR count). The van der Waals surface area contributed by atoms with E-state index in [-0.39, 0.29) is 29.4 Å². The minimum Gasteiger partial charge on any atom is -0.384 e. The summed E-state index contributed by atoms with van der Waals surface area (Å²) in [5, 5.41) is 10.1. The number of hydrogen-bond acceptors (Lipinski definition) is 6. The summed E-state index contributed by atoms with van der Waals surface area (Å²) in [7, 11) is -7.33. The third-order valence-corrected chi connectivity index (χ3v) is 7.27. The van der Waals surface area contributed by atoms with E-state index in [4.69, 9.17) is 11.1 Å². The summed E-state index contributed by atoms with van der Waals surface area (Å²) in [6.07, 6.45) is 2.79. The quantitative estimate of drug-likeness (QED) is 0.254. The van der Waals surface area contributed by atoms with Gasteiger partial charge in [-0.15, -0.1) is 0 Å². The molecule has 0 unspecified atom stereocenters. The highest BCUT2D eigenvalue weighted by Gasteiger charge is 2.26. The van der Waals surface area contributed by atoms with Crippen molar-refractivity contribution in [1.29, 1.82) is 5.41 Å². The standard InChI is InChI=1S/C22H30N4O5S2/c1-3-5-16-8-10-19(11-9-16)33(30,31)26-20(22(27)25-12-13-32(2,28)29)15-17-6-4-7-18(14-17)21(23)24/h4,6-11,14,20,26H,3,5,12-13,15H2,1-2H3,(H3,23,24)(H,25,27)/t20-/m0/s1. The van der Waals surface area contributed by atoms with Gasteiger partial charge in [0.05, 0.1) is 10.6 Å². The first-order valence-electron chi connectivity index (χ1n) is 10.4. The van der Waals surface area contributed by atoms with Gasteiger partial charge in [0.2, 0.25) is 15.9 Å². The van der Waals surface area contributed by atoms with Crippen LogP contribution in [0, 0.1) is 5.41 Å². The Morgan fingerprint density at radius 3 is 2.30 bits per heavy atom. The van der Waals surface area contributed by atoms with E-state index in [0.29, 0.717) is 11.1 Å². The number of aryl methyl sites for hydroxylation is 1. The third kappa shape index (κ3) is 8.60. The summed E-state index contributed by atoms with van der Waals surface area (Å²) in [4.78, 5) is 12.8. The van der Waals surface area contributed by atoms with Gasteiger partial charge in [0.15, 0.2) is 0 Å². The van der Waals surface area contributed by atoms with Crippen molar-refractivity contribution in [3.63, 3.8) is 0 Å². The van der Waals surface area contributed by atoms with Gasteiger partial charge < -0.3 is 11.1 Å². The van der Waals surface area contributed by atoms with Gasteiger partial charge in [0.25, 0.3) is 0 Å². The van der Waals surface area contributed by atoms with Crippen molar-refractivity contribution in [3.8, 4) is 0 Å². The van der Waals surface area contributed by atoms with Crippen LogP contribution in [-0.4, -0.2) is 53.2 Å². The first-order valence-corrected chi connectivity index (χ1v) is 14.0. The molecule has 0 aliphatic heterocycles. The summed E-state index contributed by atoms with van der Waals surface area (Å²) in [6.45, 7) is 1.88. The van der Waals surface area contributed by atoms with Crippen LogP contribution < -0.4 is 15.8 Å². The SMILES string of the molecule is CCCc1ccc(S(=O)(=O)N[C@@H](Cc2cccc(C(=N)N)c2)C(=O)NCCS(C)(=O)=O)cc1. The van der Waals surface area contributed by atoms with Gasteiger partial charge in [0, 0.05) is 18.4 Å². The maximum atomic E-state index is 13.0. The van der Waals surface area contributed by atoms with Crippen LogP contribution in [-0.2, 0) is 37.5 Å². The number of amidine groups is 1. The number of nitrogens with two attached hydrogens (primary N) is 1. The van der Waals surface area contributed by atoms with E-state index in [1.54, 1.807) is 36.4 Å². The number of benzene rings is 2. The van der Waals surface area contributed by atoms with Gasteiger partial charge in [-0.25, -0.2) is 16.8 Å². The largest absolute Gasteiger partial charge is 0.384 e. The number of amides is 1. The van der Waals surface area contributed by atoms with Gasteiger partial charge in [-0.05, 0) is 42.2 Å². The van der Waals surface area contributed by atoms with Crippen LogP contribution in [0.25, 0.3) is 0 Å². The second kappa shape index (κ2) is 11.4. The van der Waals surface area contributed by atoms with Crippen LogP contribution in [0.2, 0.25) is 0 Å². The molecule has 0 aliphatic carbocycles. The van der Waals surface area contributed by atoms with Gasteiger partial charge in [-0.1, -0.05) is 43.7 Å². The molecular weight excluding hydrogens is 464 g/mol. The van der Waals surface area contributed by atoms with Gasteiger partial charge in [0.1, 0.15) is 21.7 Å². The van der Waals surface area contributed by atoms with Gasteiger partial charge in [-0.2, -0.15) is 4.72 Å². The third-order valence-electron chi connectivity index (χ3n) is 4.84. The minimum absolute atomic E-state index is 0.0149. The van der Waals surface area contributed by atoms with Crippen LogP contribution in [0.4, 0.5) is 0 Å². The van der Waals surface area contributed by atoms with E-state index in [1.165, 1.54) is 12.1 Å². The van der Waals surface area contributed by atoms with Crippen molar-refractivity contribution in [2.45, 2.75) is 37.1 Å². The lowest BCUT2D eigenvalue weighted by atomic mass is 10.0. The molecular formula is C22H30N4O5S2. The molecule has 5 N–H and O–H groups in total. The second-order valence-corrected chi connectivity index (χ2v) is 11.8. The topological polar surface area (TPSA) is 159 Å². The molecule has 2 aromatic rings. The lowest BCUT2D eigenvalue weighted by Gasteiger charge is -2.19. The number of carbonyl (C=O) groups excluding carboxylic acids is 1. The highest BCUT2D eigenvalue weighted by atomic mass is 32.2. The molecule has 0 bridgehead atoms. The number of carbonyl (C=O) groups is 1. The highest BCUT2D eigenvalue weighted by molar-refractivity contribution is 7.90. The van der Waals surface area contributed by atoms with E-state index in [2.05, 4.69) is 10.0 Å². The van der Waals surface area contributed by atoms with Crippen molar-refractivity contribution in [3.05, 3.63) is 65.2 Å². The molecule has 1 amide bonds. The summed E-state index contributed by atoms with van der Waals surface area (Å²) in [6, 6.07) is 11.8. The molecule has 0 aromatic heterocycles. The zero-order chi connectivity index (χ0) is 24.6. The Morgan fingerprint density at radius 1 is 1.06 bits per heavy atom. The van der Waals surface area contributed by atoms with Crippen LogP contribution >= 0.6 is 0 Å². The fourth-order valence-electron chi connectivity index (χ4n) is 3.15. The molecule has 33 heavy (non-hydrogen) atoms. The number of nitrogen functional groups attached to an aromatic ring is 1. The zero-order valence-electron chi connectivity index (χ0n) is 18.7. The number of hydrogen-bond donors (Lipinski definition) is 4. The van der Waals surface area contributed by atoms with E-state index in [0.717, 1.165) is 24.7 Å². The molecule has 0 aliphatic rings. The molecule has 0 spiro atoms. The fraction of sp³-hybridized carbons (Fsp3) is 0.364. The van der Waals surface area contributed by atoms with Crippen molar-refractivity contribution in [1.82, 2.24) is 10.0 Å². The average molecular weight is 495 g/mol. The average Bonchev–Trinajstić information content (AvgIpc) is 2.73. The molecule has 180 valence electrons. The molecule has 0 heterocycles. The van der Waals surface area contributed by atoms with Gasteiger partial charge in [-0.3, -0.25) is 10.2 Å². The number of sulfonamides is 1. The first-order chi connectivity index (χ1) is 15.4. The normalized spacial score (nSPS) is 12.8. The Kier molecular flexibility index (Phi) is 9.15. The van der Waals surface area contributed by atoms with Crippen molar-refractivity contribution >= 4 is 31.6 Å². The lowest BCUT2D eigenvalue weighted by Crippen LogP contribution is -2.48. The van der Waals surface area contributed by atoms with Crippen molar-refractivity contribution < 1.29 is 21.6 Å². The van der Waals surface area contributed by atoms with Crippen LogP contribution in [0.15, 0.2) is 53.4 Å². The van der Waals surface area contributed by atoms with Crippen molar-refractivity contribution in [2.75, 3.05) is 18.6 Å². The highest BCUT2D eigenvalue weighted by Crippen LogP contribution is 2.14. The summed E-state index contributed by atoms with van der Waals surface area (Å²) in [5.74, 6) is -1.08. The fourth-order valence-corrected chi connectivity index (χ4v) is 4.82. The summed E-state index contributed by atoms with van der Waals surface area (Å²) in [5.41, 5.74) is 7.57. The number of nitrogens with one attached hydrogen (secondary N) is 3. The van der Waals surface area contributed by atoms with E-state index < -0.39 is 31.8 Å². The Morgan fingerprint density at radius 2 is 1.73 bits per heavy atom. The minimum atomic E-state index is -4.03. The number of rotatable bonds is 12. The number of sulfone groups is 1. The Bertz CT molecular complexity index is 1190. The molecule has 9 nitrogen and oxygen atoms in total. The molecule has 0 fully saturated rings. The molecule has 0 saturated heterocycles. The monoisotopic (exact) mass is 494 g/mol. The molecule has 0 saturated carbocycles. The first kappa shape index (κ1) is 26.5. The predicted molar refractivity (Wildman–Crippen MR) is 128 cm³/mol.